The molecule has 1 heterocycles. The molecule has 1 aliphatic heterocycles. The smallest absolute Gasteiger partial charge is 0.264 e. The number of anilines is 1. The molecule has 0 radical (unpaired) electrons. The van der Waals surface area contributed by atoms with E-state index in [1.54, 1.807) is 36.4 Å². The number of carbonyl (C=O) groups is 2. The predicted octanol–water partition coefficient (Wildman–Crippen LogP) is 3.00. The molecule has 2 aromatic rings. The Hall–Kier alpha value is -3.11. The average Bonchev–Trinajstić information content (AvgIpc) is 3.00. The molecule has 7 heteroatoms. The summed E-state index contributed by atoms with van der Waals surface area (Å²) in [5, 5.41) is 11.7. The number of hydrogen-bond acceptors (Lipinski definition) is 4. The highest BCUT2D eigenvalue weighted by molar-refractivity contribution is 8.05. The van der Waals surface area contributed by atoms with E-state index in [2.05, 4.69) is 5.32 Å². The van der Waals surface area contributed by atoms with E-state index in [1.165, 1.54) is 35.8 Å². The fraction of sp³-hybridized carbons (Fsp3) is 0.150. The molecule has 27 heavy (non-hydrogen) atoms. The largest absolute Gasteiger partial charge is 0.354 e. The lowest BCUT2D eigenvalue weighted by atomic mass is 10.1. The van der Waals surface area contributed by atoms with Crippen molar-refractivity contribution in [2.45, 2.75) is 11.7 Å². The molecule has 0 bridgehead atoms. The third kappa shape index (κ3) is 3.86. The Bertz CT molecular complexity index is 936. The first-order chi connectivity index (χ1) is 13.0. The van der Waals surface area contributed by atoms with Crippen LogP contribution in [0.5, 0.6) is 0 Å². The first kappa shape index (κ1) is 18.7. The van der Waals surface area contributed by atoms with Crippen molar-refractivity contribution in [3.8, 4) is 6.07 Å². The summed E-state index contributed by atoms with van der Waals surface area (Å²) in [6.45, 7) is 0. The molecule has 1 aliphatic rings. The predicted molar refractivity (Wildman–Crippen MR) is 102 cm³/mol. The van der Waals surface area contributed by atoms with Gasteiger partial charge >= 0.3 is 0 Å². The number of nitrogens with one attached hydrogen (secondary N) is 1. The molecule has 1 N–H and O–H groups in total. The molecule has 136 valence electrons. The highest BCUT2D eigenvalue weighted by atomic mass is 32.2. The lowest BCUT2D eigenvalue weighted by Crippen LogP contribution is -2.31. The fourth-order valence-electron chi connectivity index (χ4n) is 2.76. The summed E-state index contributed by atoms with van der Waals surface area (Å²) in [5.41, 5.74) is 1.28. The Balaban J connectivity index is 2.02. The molecule has 3 rings (SSSR count). The number of hydrogen-bond donors (Lipinski definition) is 1. The molecule has 5 nitrogen and oxygen atoms in total. The van der Waals surface area contributed by atoms with Gasteiger partial charge in [0, 0.05) is 12.7 Å². The first-order valence-corrected chi connectivity index (χ1v) is 9.09. The number of benzene rings is 2. The maximum Gasteiger partial charge on any atom is 0.264 e. The van der Waals surface area contributed by atoms with E-state index >= 15 is 0 Å². The van der Waals surface area contributed by atoms with Gasteiger partial charge in [-0.1, -0.05) is 42.1 Å². The van der Waals surface area contributed by atoms with Crippen LogP contribution >= 0.6 is 11.8 Å². The zero-order chi connectivity index (χ0) is 19.4. The zero-order valence-corrected chi connectivity index (χ0v) is 15.3. The molecule has 1 saturated heterocycles. The number of amides is 2. The van der Waals surface area contributed by atoms with Crippen LogP contribution in [0, 0.1) is 17.1 Å². The van der Waals surface area contributed by atoms with Gasteiger partial charge in [0.1, 0.15) is 22.5 Å². The van der Waals surface area contributed by atoms with Gasteiger partial charge in [0.05, 0.1) is 5.25 Å². The molecule has 0 spiro atoms. The van der Waals surface area contributed by atoms with Crippen LogP contribution in [-0.4, -0.2) is 24.1 Å². The van der Waals surface area contributed by atoms with Crippen LogP contribution in [0.4, 0.5) is 10.1 Å². The minimum absolute atomic E-state index is 0.110. The highest BCUT2D eigenvalue weighted by Crippen LogP contribution is 2.41. The number of carbonyl (C=O) groups excluding carboxylic acids is 2. The normalized spacial score (nSPS) is 18.2. The first-order valence-electron chi connectivity index (χ1n) is 8.21. The van der Waals surface area contributed by atoms with E-state index < -0.39 is 11.2 Å². The lowest BCUT2D eigenvalue weighted by Gasteiger charge is -2.18. The number of thioether (sulfide) groups is 1. The van der Waals surface area contributed by atoms with E-state index in [0.29, 0.717) is 17.1 Å². The summed E-state index contributed by atoms with van der Waals surface area (Å²) in [6.07, 6.45) is 0.364. The molecule has 2 amide bonds. The van der Waals surface area contributed by atoms with Gasteiger partial charge in [0.2, 0.25) is 5.91 Å². The third-order valence-electron chi connectivity index (χ3n) is 4.08. The van der Waals surface area contributed by atoms with Crippen LogP contribution in [0.15, 0.2) is 65.2 Å². The van der Waals surface area contributed by atoms with Crippen molar-refractivity contribution < 1.29 is 14.0 Å². The highest BCUT2D eigenvalue weighted by Gasteiger charge is 2.40. The molecule has 0 saturated carbocycles. The fourth-order valence-corrected chi connectivity index (χ4v) is 4.07. The van der Waals surface area contributed by atoms with Crippen molar-refractivity contribution in [3.05, 3.63) is 76.6 Å². The Morgan fingerprint density at radius 2 is 1.89 bits per heavy atom. The van der Waals surface area contributed by atoms with Gasteiger partial charge in [-0.3, -0.25) is 14.5 Å². The Kier molecular flexibility index (Phi) is 5.57. The third-order valence-corrected chi connectivity index (χ3v) is 5.34. The maximum absolute atomic E-state index is 13.1. The number of nitriles is 1. The number of likely N-dealkylation sites (N-methyl/N-ethyl adjacent to an activating group) is 1. The van der Waals surface area contributed by atoms with Crippen LogP contribution in [0.1, 0.15) is 5.56 Å². The van der Waals surface area contributed by atoms with Crippen molar-refractivity contribution in [1.29, 1.82) is 5.26 Å². The molecule has 0 unspecified atom stereocenters. The Morgan fingerprint density at radius 1 is 1.22 bits per heavy atom. The van der Waals surface area contributed by atoms with Gasteiger partial charge in [-0.25, -0.2) is 4.39 Å². The molecular weight excluding hydrogens is 365 g/mol. The molecule has 1 fully saturated rings. The standard InChI is InChI=1S/C20H16FN3O2S/c1-23-18(25)16(12-22)20-24(15-5-3-2-4-6-15)19(26)17(27-20)11-13-7-9-14(21)10-8-13/h2-10,17H,11H2,1H3,(H,23,25)/b20-16+/t17-/m0/s1. The average molecular weight is 381 g/mol. The van der Waals surface area contributed by atoms with Crippen LogP contribution < -0.4 is 10.2 Å². The molecular formula is C20H16FN3O2S. The lowest BCUT2D eigenvalue weighted by molar-refractivity contribution is -0.117. The summed E-state index contributed by atoms with van der Waals surface area (Å²) in [4.78, 5) is 26.6. The molecule has 0 aromatic heterocycles. The summed E-state index contributed by atoms with van der Waals surface area (Å²) in [6, 6.07) is 16.7. The summed E-state index contributed by atoms with van der Waals surface area (Å²) >= 11 is 1.18. The molecule has 1 atom stereocenters. The monoisotopic (exact) mass is 381 g/mol. The van der Waals surface area contributed by atoms with Crippen molar-refractivity contribution in [2.24, 2.45) is 0 Å². The SMILES string of the molecule is CNC(=O)/C(C#N)=C1/S[C@@H](Cc2ccc(F)cc2)C(=O)N1c1ccccc1. The second kappa shape index (κ2) is 8.06. The second-order valence-electron chi connectivity index (χ2n) is 5.82. The Labute approximate surface area is 160 Å². The molecule has 2 aromatic carbocycles. The maximum atomic E-state index is 13.1. The van der Waals surface area contributed by atoms with Gasteiger partial charge < -0.3 is 5.32 Å². The number of para-hydroxylation sites is 1. The van der Waals surface area contributed by atoms with Crippen LogP contribution in [0.2, 0.25) is 0 Å². The van der Waals surface area contributed by atoms with Gasteiger partial charge in [-0.2, -0.15) is 5.26 Å². The summed E-state index contributed by atoms with van der Waals surface area (Å²) < 4.78 is 13.1. The second-order valence-corrected chi connectivity index (χ2v) is 7.01. The quantitative estimate of drug-likeness (QED) is 0.653. The van der Waals surface area contributed by atoms with E-state index in [9.17, 15) is 19.2 Å². The van der Waals surface area contributed by atoms with Gasteiger partial charge in [-0.05, 0) is 36.2 Å². The van der Waals surface area contributed by atoms with Crippen LogP contribution in [-0.2, 0) is 16.0 Å². The minimum atomic E-state index is -0.545. The van der Waals surface area contributed by atoms with Crippen LogP contribution in [0.25, 0.3) is 0 Å². The van der Waals surface area contributed by atoms with Crippen molar-refractivity contribution >= 4 is 29.3 Å². The van der Waals surface area contributed by atoms with Crippen molar-refractivity contribution in [3.63, 3.8) is 0 Å². The van der Waals surface area contributed by atoms with Crippen molar-refractivity contribution in [2.75, 3.05) is 11.9 Å². The van der Waals surface area contributed by atoms with E-state index in [0.717, 1.165) is 5.56 Å². The van der Waals surface area contributed by atoms with E-state index in [-0.39, 0.29) is 17.3 Å². The Morgan fingerprint density at radius 3 is 2.48 bits per heavy atom. The number of halogens is 1. The van der Waals surface area contributed by atoms with Gasteiger partial charge in [-0.15, -0.1) is 0 Å². The van der Waals surface area contributed by atoms with E-state index in [1.807, 2.05) is 12.1 Å². The summed E-state index contributed by atoms with van der Waals surface area (Å²) in [7, 11) is 1.44. The number of nitrogens with zero attached hydrogens (tertiary/aromatic N) is 2. The van der Waals surface area contributed by atoms with Crippen molar-refractivity contribution in [1.82, 2.24) is 5.32 Å². The van der Waals surface area contributed by atoms with E-state index in [4.69, 9.17) is 0 Å². The number of rotatable bonds is 4. The van der Waals surface area contributed by atoms with Gasteiger partial charge in [0.15, 0.2) is 0 Å². The molecule has 0 aliphatic carbocycles. The zero-order valence-electron chi connectivity index (χ0n) is 14.5. The topological polar surface area (TPSA) is 73.2 Å². The van der Waals surface area contributed by atoms with Gasteiger partial charge in [0.25, 0.3) is 5.91 Å². The minimum Gasteiger partial charge on any atom is -0.354 e. The summed E-state index contributed by atoms with van der Waals surface area (Å²) in [5.74, 6) is -1.11. The van der Waals surface area contributed by atoms with Crippen LogP contribution in [0.3, 0.4) is 0 Å².